The molecule has 0 aliphatic rings. The molecule has 3 nitrogen and oxygen atoms in total. The molecule has 15 heavy (non-hydrogen) atoms. The van der Waals surface area contributed by atoms with Crippen LogP contribution in [0, 0.1) is 17.9 Å². The Hall–Kier alpha value is -2.52. The number of hydrogen-bond acceptors (Lipinski definition) is 1. The molecule has 0 spiro atoms. The molecule has 2 rings (SSSR count). The van der Waals surface area contributed by atoms with E-state index in [0.717, 1.165) is 5.56 Å². The van der Waals surface area contributed by atoms with Crippen molar-refractivity contribution in [2.45, 2.75) is 0 Å². The van der Waals surface area contributed by atoms with Crippen molar-refractivity contribution in [3.05, 3.63) is 53.5 Å². The second kappa shape index (κ2) is 3.69. The Morgan fingerprint density at radius 1 is 1.27 bits per heavy atom. The minimum atomic E-state index is 0.372. The summed E-state index contributed by atoms with van der Waals surface area (Å²) < 4.78 is 0. The third kappa shape index (κ3) is 1.47. The molecule has 0 fully saturated rings. The van der Waals surface area contributed by atoms with Crippen LogP contribution in [-0.2, 0) is 0 Å². The Balaban J connectivity index is 2.62. The number of benzene rings is 1. The standard InChI is InChI=1S/C12H7N3/c1-14-11-8-15-12(10(11)7-13)9-5-3-2-4-6-9/h2-6,8,15H. The van der Waals surface area contributed by atoms with Crippen LogP contribution in [-0.4, -0.2) is 4.98 Å². The van der Waals surface area contributed by atoms with Gasteiger partial charge in [0.05, 0.1) is 23.9 Å². The van der Waals surface area contributed by atoms with E-state index in [1.807, 2.05) is 36.4 Å². The summed E-state index contributed by atoms with van der Waals surface area (Å²) in [5, 5.41) is 8.97. The van der Waals surface area contributed by atoms with Gasteiger partial charge in [-0.05, 0) is 5.56 Å². The molecule has 70 valence electrons. The predicted octanol–water partition coefficient (Wildman–Crippen LogP) is 3.10. The number of nitriles is 1. The average Bonchev–Trinajstić information content (AvgIpc) is 2.72. The number of nitrogens with one attached hydrogen (secondary N) is 1. The molecule has 0 saturated heterocycles. The van der Waals surface area contributed by atoms with Crippen molar-refractivity contribution in [3.8, 4) is 17.3 Å². The van der Waals surface area contributed by atoms with Crippen molar-refractivity contribution in [3.63, 3.8) is 0 Å². The van der Waals surface area contributed by atoms with Crippen molar-refractivity contribution in [1.29, 1.82) is 5.26 Å². The summed E-state index contributed by atoms with van der Waals surface area (Å²) in [5.41, 5.74) is 2.42. The van der Waals surface area contributed by atoms with E-state index in [-0.39, 0.29) is 0 Å². The Labute approximate surface area is 87.4 Å². The Morgan fingerprint density at radius 2 is 2.00 bits per heavy atom. The highest BCUT2D eigenvalue weighted by atomic mass is 14.8. The molecular formula is C12H7N3. The lowest BCUT2D eigenvalue weighted by molar-refractivity contribution is 1.39. The first-order chi connectivity index (χ1) is 7.36. The molecular weight excluding hydrogens is 186 g/mol. The fourth-order valence-corrected chi connectivity index (χ4v) is 1.45. The van der Waals surface area contributed by atoms with Crippen LogP contribution < -0.4 is 0 Å². The van der Waals surface area contributed by atoms with Crippen LogP contribution in [0.15, 0.2) is 36.5 Å². The number of aromatic nitrogens is 1. The zero-order chi connectivity index (χ0) is 10.7. The fourth-order valence-electron chi connectivity index (χ4n) is 1.45. The lowest BCUT2D eigenvalue weighted by Crippen LogP contribution is -1.79. The van der Waals surface area contributed by atoms with Crippen molar-refractivity contribution in [1.82, 2.24) is 4.98 Å². The maximum Gasteiger partial charge on any atom is 0.222 e. The minimum absolute atomic E-state index is 0.372. The van der Waals surface area contributed by atoms with Crippen molar-refractivity contribution in [2.24, 2.45) is 0 Å². The Kier molecular flexibility index (Phi) is 2.23. The van der Waals surface area contributed by atoms with Gasteiger partial charge in [0.2, 0.25) is 5.69 Å². The number of hydrogen-bond donors (Lipinski definition) is 1. The molecule has 0 bridgehead atoms. The number of nitrogens with zero attached hydrogens (tertiary/aromatic N) is 2. The van der Waals surface area contributed by atoms with Crippen LogP contribution >= 0.6 is 0 Å². The van der Waals surface area contributed by atoms with Gasteiger partial charge in [-0.2, -0.15) is 5.26 Å². The van der Waals surface area contributed by atoms with E-state index < -0.39 is 0 Å². The van der Waals surface area contributed by atoms with E-state index in [2.05, 4.69) is 9.83 Å². The lowest BCUT2D eigenvalue weighted by atomic mass is 10.1. The molecule has 0 aliphatic carbocycles. The summed E-state index contributed by atoms with van der Waals surface area (Å²) in [6.45, 7) is 6.92. The zero-order valence-electron chi connectivity index (χ0n) is 7.86. The molecule has 0 amide bonds. The maximum atomic E-state index is 8.97. The van der Waals surface area contributed by atoms with Crippen LogP contribution in [0.4, 0.5) is 5.69 Å². The second-order valence-corrected chi connectivity index (χ2v) is 3.01. The Morgan fingerprint density at radius 3 is 2.60 bits per heavy atom. The monoisotopic (exact) mass is 193 g/mol. The second-order valence-electron chi connectivity index (χ2n) is 3.01. The van der Waals surface area contributed by atoms with Gasteiger partial charge < -0.3 is 4.98 Å². The first kappa shape index (κ1) is 9.05. The largest absolute Gasteiger partial charge is 0.371 e. The fraction of sp³-hybridized carbons (Fsp3) is 0. The normalized spacial score (nSPS) is 9.20. The zero-order valence-corrected chi connectivity index (χ0v) is 7.86. The van der Waals surface area contributed by atoms with Crippen LogP contribution in [0.1, 0.15) is 5.56 Å². The van der Waals surface area contributed by atoms with Crippen molar-refractivity contribution >= 4 is 5.69 Å². The average molecular weight is 193 g/mol. The lowest BCUT2D eigenvalue weighted by Gasteiger charge is -1.97. The van der Waals surface area contributed by atoms with E-state index >= 15 is 0 Å². The molecule has 0 aliphatic heterocycles. The van der Waals surface area contributed by atoms with Crippen LogP contribution in [0.5, 0.6) is 0 Å². The molecule has 0 unspecified atom stereocenters. The highest BCUT2D eigenvalue weighted by Gasteiger charge is 2.11. The third-order valence-corrected chi connectivity index (χ3v) is 2.15. The van der Waals surface area contributed by atoms with E-state index in [9.17, 15) is 0 Å². The van der Waals surface area contributed by atoms with Crippen molar-refractivity contribution < 1.29 is 0 Å². The first-order valence-electron chi connectivity index (χ1n) is 4.41. The van der Waals surface area contributed by atoms with Gasteiger partial charge in [0.1, 0.15) is 0 Å². The molecule has 1 aromatic heterocycles. The summed E-state index contributed by atoms with van der Waals surface area (Å²) in [6, 6.07) is 11.6. The first-order valence-corrected chi connectivity index (χ1v) is 4.41. The smallest absolute Gasteiger partial charge is 0.222 e. The van der Waals surface area contributed by atoms with E-state index in [0.29, 0.717) is 16.9 Å². The van der Waals surface area contributed by atoms with Gasteiger partial charge in [-0.3, -0.25) is 0 Å². The molecule has 3 heteroatoms. The minimum Gasteiger partial charge on any atom is -0.371 e. The van der Waals surface area contributed by atoms with Gasteiger partial charge >= 0.3 is 0 Å². The van der Waals surface area contributed by atoms with Crippen LogP contribution in [0.2, 0.25) is 0 Å². The van der Waals surface area contributed by atoms with E-state index in [1.54, 1.807) is 6.20 Å². The van der Waals surface area contributed by atoms with Crippen molar-refractivity contribution in [2.75, 3.05) is 0 Å². The molecule has 0 saturated carbocycles. The van der Waals surface area contributed by atoms with Crippen LogP contribution in [0.25, 0.3) is 16.1 Å². The summed E-state index contributed by atoms with van der Waals surface area (Å²) in [4.78, 5) is 6.24. The maximum absolute atomic E-state index is 8.97. The number of rotatable bonds is 1. The molecule has 2 aromatic rings. The SMILES string of the molecule is [C-]#[N+]c1c[nH]c(-c2ccccc2)c1C#N. The van der Waals surface area contributed by atoms with E-state index in [1.165, 1.54) is 0 Å². The molecule has 1 heterocycles. The number of H-pyrrole nitrogens is 1. The van der Waals surface area contributed by atoms with Crippen LogP contribution in [0.3, 0.4) is 0 Å². The van der Waals surface area contributed by atoms with Gasteiger partial charge in [-0.15, -0.1) is 0 Å². The predicted molar refractivity (Wildman–Crippen MR) is 57.2 cm³/mol. The molecule has 0 atom stereocenters. The summed E-state index contributed by atoms with van der Waals surface area (Å²) in [6.07, 6.45) is 1.56. The topological polar surface area (TPSA) is 43.9 Å². The summed E-state index contributed by atoms with van der Waals surface area (Å²) >= 11 is 0. The molecule has 1 N–H and O–H groups in total. The molecule has 1 aromatic carbocycles. The highest BCUT2D eigenvalue weighted by molar-refractivity contribution is 5.76. The van der Waals surface area contributed by atoms with E-state index in [4.69, 9.17) is 11.8 Å². The summed E-state index contributed by atoms with van der Waals surface area (Å²) in [5.74, 6) is 0. The van der Waals surface area contributed by atoms with Gasteiger partial charge in [-0.1, -0.05) is 30.3 Å². The van der Waals surface area contributed by atoms with Gasteiger partial charge in [-0.25, -0.2) is 4.85 Å². The summed E-state index contributed by atoms with van der Waals surface area (Å²) in [7, 11) is 0. The van der Waals surface area contributed by atoms with Gasteiger partial charge in [0, 0.05) is 6.20 Å². The van der Waals surface area contributed by atoms with Gasteiger partial charge in [0.25, 0.3) is 0 Å². The third-order valence-electron chi connectivity index (χ3n) is 2.15. The quantitative estimate of drug-likeness (QED) is 0.695. The number of aromatic amines is 1. The Bertz CT molecular complexity index is 553. The molecule has 0 radical (unpaired) electrons. The highest BCUT2D eigenvalue weighted by Crippen LogP contribution is 2.29. The van der Waals surface area contributed by atoms with Gasteiger partial charge in [0.15, 0.2) is 0 Å².